The number of halogens is 2. The molecule has 0 bridgehead atoms. The van der Waals surface area contributed by atoms with Gasteiger partial charge >= 0.3 is 0 Å². The fourth-order valence-electron chi connectivity index (χ4n) is 1.17. The van der Waals surface area contributed by atoms with Crippen molar-refractivity contribution in [3.8, 4) is 0 Å². The molecule has 54 valence electrons. The molecule has 0 amide bonds. The molecule has 0 N–H and O–H groups in total. The van der Waals surface area contributed by atoms with Gasteiger partial charge in [-0.3, -0.25) is 0 Å². The number of hydrogen-bond acceptors (Lipinski definition) is 1. The van der Waals surface area contributed by atoms with E-state index in [0.717, 1.165) is 6.42 Å². The molecule has 2 unspecified atom stereocenters. The van der Waals surface area contributed by atoms with Crippen molar-refractivity contribution >= 4 is 23.2 Å². The second kappa shape index (κ2) is 2.30. The predicted octanol–water partition coefficient (Wildman–Crippen LogP) is 2.22. The largest absolute Gasteiger partial charge is 0.378 e. The second-order valence-corrected chi connectivity index (χ2v) is 3.79. The van der Waals surface area contributed by atoms with E-state index >= 15 is 0 Å². The Morgan fingerprint density at radius 1 is 1.56 bits per heavy atom. The maximum atomic E-state index is 5.81. The Labute approximate surface area is 65.3 Å². The van der Waals surface area contributed by atoms with Crippen LogP contribution < -0.4 is 0 Å². The van der Waals surface area contributed by atoms with Crippen LogP contribution in [0.2, 0.25) is 0 Å². The number of hydrogen-bond donors (Lipinski definition) is 0. The van der Waals surface area contributed by atoms with Crippen molar-refractivity contribution < 1.29 is 4.74 Å². The van der Waals surface area contributed by atoms with Crippen LogP contribution in [0.15, 0.2) is 0 Å². The van der Waals surface area contributed by atoms with E-state index in [0.29, 0.717) is 5.92 Å². The third kappa shape index (κ3) is 1.06. The van der Waals surface area contributed by atoms with Crippen LogP contribution in [-0.4, -0.2) is 17.5 Å². The lowest BCUT2D eigenvalue weighted by molar-refractivity contribution is 0.167. The Bertz CT molecular complexity index is 102. The Morgan fingerprint density at radius 2 is 2.11 bits per heavy atom. The molecule has 2 atom stereocenters. The summed E-state index contributed by atoms with van der Waals surface area (Å²) in [4.78, 5) is 0. The first-order valence-electron chi connectivity index (χ1n) is 3.05. The third-order valence-electron chi connectivity index (χ3n) is 1.82. The Morgan fingerprint density at radius 3 is 2.22 bits per heavy atom. The summed E-state index contributed by atoms with van der Waals surface area (Å²) in [5, 5.41) is 0. The number of rotatable bonds is 2. The molecule has 0 saturated heterocycles. The summed E-state index contributed by atoms with van der Waals surface area (Å²) in [6.45, 7) is 2.06. The van der Waals surface area contributed by atoms with Crippen LogP contribution in [-0.2, 0) is 4.74 Å². The van der Waals surface area contributed by atoms with Crippen molar-refractivity contribution in [1.29, 1.82) is 0 Å². The zero-order valence-electron chi connectivity index (χ0n) is 5.53. The summed E-state index contributed by atoms with van der Waals surface area (Å²) >= 11 is 11.6. The lowest BCUT2D eigenvalue weighted by Crippen LogP contribution is -1.96. The molecule has 3 heteroatoms. The molecule has 1 rings (SSSR count). The van der Waals surface area contributed by atoms with E-state index in [-0.39, 0.29) is 6.10 Å². The summed E-state index contributed by atoms with van der Waals surface area (Å²) in [5.74, 6) is 0.339. The monoisotopic (exact) mass is 168 g/mol. The van der Waals surface area contributed by atoms with Crippen molar-refractivity contribution in [2.45, 2.75) is 23.8 Å². The first-order chi connectivity index (χ1) is 4.14. The fraction of sp³-hybridized carbons (Fsp3) is 1.00. The zero-order valence-corrected chi connectivity index (χ0v) is 7.04. The van der Waals surface area contributed by atoms with Gasteiger partial charge in [0, 0.05) is 13.0 Å². The van der Waals surface area contributed by atoms with Gasteiger partial charge in [0.15, 0.2) is 0 Å². The van der Waals surface area contributed by atoms with Gasteiger partial charge in [-0.25, -0.2) is 0 Å². The second-order valence-electron chi connectivity index (χ2n) is 2.35. The van der Waals surface area contributed by atoms with Gasteiger partial charge in [0.25, 0.3) is 0 Å². The van der Waals surface area contributed by atoms with E-state index in [1.54, 1.807) is 7.11 Å². The highest BCUT2D eigenvalue weighted by molar-refractivity contribution is 6.51. The van der Waals surface area contributed by atoms with E-state index in [2.05, 4.69) is 6.92 Å². The standard InChI is InChI=1S/C6H10Cl2O/c1-3-4-5(9-2)6(4,7)8/h4-5H,3H2,1-2H3. The molecule has 1 saturated carbocycles. The number of methoxy groups -OCH3 is 1. The highest BCUT2D eigenvalue weighted by Crippen LogP contribution is 2.56. The first kappa shape index (κ1) is 7.64. The van der Waals surface area contributed by atoms with Crippen molar-refractivity contribution in [2.24, 2.45) is 5.92 Å². The molecule has 1 aliphatic carbocycles. The first-order valence-corrected chi connectivity index (χ1v) is 3.80. The SMILES string of the molecule is CCC1C(OC)C1(Cl)Cl. The van der Waals surface area contributed by atoms with Crippen molar-refractivity contribution in [3.05, 3.63) is 0 Å². The summed E-state index contributed by atoms with van der Waals surface area (Å²) in [5.41, 5.74) is 0. The molecule has 0 spiro atoms. The van der Waals surface area contributed by atoms with Crippen LogP contribution in [0.4, 0.5) is 0 Å². The average molecular weight is 169 g/mol. The third-order valence-corrected chi connectivity index (χ3v) is 2.81. The van der Waals surface area contributed by atoms with E-state index in [4.69, 9.17) is 27.9 Å². The summed E-state index contributed by atoms with van der Waals surface area (Å²) < 4.78 is 4.42. The molecule has 0 aromatic carbocycles. The van der Waals surface area contributed by atoms with Crippen LogP contribution in [0, 0.1) is 5.92 Å². The quantitative estimate of drug-likeness (QED) is 0.576. The minimum Gasteiger partial charge on any atom is -0.378 e. The molecule has 1 aliphatic rings. The summed E-state index contributed by atoms with van der Waals surface area (Å²) in [6.07, 6.45) is 1.05. The highest BCUT2D eigenvalue weighted by atomic mass is 35.5. The Hall–Kier alpha value is 0.540. The van der Waals surface area contributed by atoms with Crippen LogP contribution in [0.5, 0.6) is 0 Å². The van der Waals surface area contributed by atoms with Gasteiger partial charge in [0.05, 0.1) is 6.10 Å². The van der Waals surface area contributed by atoms with Crippen molar-refractivity contribution in [1.82, 2.24) is 0 Å². The van der Waals surface area contributed by atoms with Crippen LogP contribution in [0.25, 0.3) is 0 Å². The van der Waals surface area contributed by atoms with E-state index in [1.165, 1.54) is 0 Å². The van der Waals surface area contributed by atoms with Gasteiger partial charge in [-0.2, -0.15) is 0 Å². The molecule has 0 aromatic rings. The maximum absolute atomic E-state index is 5.81. The molecule has 0 heterocycles. The normalized spacial score (nSPS) is 38.7. The minimum atomic E-state index is -0.594. The molecular weight excluding hydrogens is 159 g/mol. The van der Waals surface area contributed by atoms with E-state index in [9.17, 15) is 0 Å². The Balaban J connectivity index is 2.45. The molecule has 0 radical (unpaired) electrons. The highest BCUT2D eigenvalue weighted by Gasteiger charge is 2.62. The van der Waals surface area contributed by atoms with Gasteiger partial charge < -0.3 is 4.74 Å². The average Bonchev–Trinajstić information content (AvgIpc) is 2.32. The number of alkyl halides is 2. The minimum absolute atomic E-state index is 0.0610. The van der Waals surface area contributed by atoms with Gasteiger partial charge in [-0.05, 0) is 6.42 Å². The van der Waals surface area contributed by atoms with Gasteiger partial charge in [0.1, 0.15) is 4.33 Å². The van der Waals surface area contributed by atoms with Crippen LogP contribution in [0.1, 0.15) is 13.3 Å². The van der Waals surface area contributed by atoms with Gasteiger partial charge in [-0.15, -0.1) is 0 Å². The zero-order chi connectivity index (χ0) is 7.07. The summed E-state index contributed by atoms with van der Waals surface area (Å²) in [7, 11) is 1.64. The Kier molecular flexibility index (Phi) is 1.95. The molecular formula is C6H10Cl2O. The van der Waals surface area contributed by atoms with E-state index in [1.807, 2.05) is 0 Å². The molecule has 0 aromatic heterocycles. The lowest BCUT2D eigenvalue weighted by atomic mass is 10.3. The van der Waals surface area contributed by atoms with E-state index < -0.39 is 4.33 Å². The lowest BCUT2D eigenvalue weighted by Gasteiger charge is -1.92. The van der Waals surface area contributed by atoms with Gasteiger partial charge in [-0.1, -0.05) is 30.1 Å². The topological polar surface area (TPSA) is 9.23 Å². The maximum Gasteiger partial charge on any atom is 0.149 e. The fourth-order valence-corrected chi connectivity index (χ4v) is 2.06. The van der Waals surface area contributed by atoms with Crippen molar-refractivity contribution in [2.75, 3.05) is 7.11 Å². The van der Waals surface area contributed by atoms with Crippen LogP contribution >= 0.6 is 23.2 Å². The number of ether oxygens (including phenoxy) is 1. The van der Waals surface area contributed by atoms with Crippen molar-refractivity contribution in [3.63, 3.8) is 0 Å². The molecule has 1 nitrogen and oxygen atoms in total. The molecule has 1 fully saturated rings. The van der Waals surface area contributed by atoms with Crippen LogP contribution in [0.3, 0.4) is 0 Å². The smallest absolute Gasteiger partial charge is 0.149 e. The van der Waals surface area contributed by atoms with Gasteiger partial charge in [0.2, 0.25) is 0 Å². The molecule has 9 heavy (non-hydrogen) atoms. The predicted molar refractivity (Wildman–Crippen MR) is 39.0 cm³/mol. The summed E-state index contributed by atoms with van der Waals surface area (Å²) in [6, 6.07) is 0. The molecule has 0 aliphatic heterocycles.